The summed E-state index contributed by atoms with van der Waals surface area (Å²) in [6.45, 7) is 5.18. The number of carbonyl (C=O) groups is 3. The van der Waals surface area contributed by atoms with Gasteiger partial charge in [0.15, 0.2) is 0 Å². The van der Waals surface area contributed by atoms with Gasteiger partial charge in [-0.1, -0.05) is 13.0 Å². The summed E-state index contributed by atoms with van der Waals surface area (Å²) in [7, 11) is 0. The van der Waals surface area contributed by atoms with Crippen LogP contribution in [0.3, 0.4) is 0 Å². The third kappa shape index (κ3) is 3.29. The van der Waals surface area contributed by atoms with Crippen LogP contribution < -0.4 is 5.73 Å². The van der Waals surface area contributed by atoms with E-state index >= 15 is 0 Å². The van der Waals surface area contributed by atoms with E-state index in [4.69, 9.17) is 15.3 Å². The number of esters is 1. The van der Waals surface area contributed by atoms with Crippen molar-refractivity contribution in [3.8, 4) is 0 Å². The van der Waals surface area contributed by atoms with Gasteiger partial charge in [-0.2, -0.15) is 5.06 Å². The molecule has 0 radical (unpaired) electrons. The van der Waals surface area contributed by atoms with Gasteiger partial charge in [0.05, 0.1) is 18.7 Å². The molecule has 2 heterocycles. The van der Waals surface area contributed by atoms with Crippen molar-refractivity contribution in [1.82, 2.24) is 9.96 Å². The number of urea groups is 1. The summed E-state index contributed by atoms with van der Waals surface area (Å²) < 4.78 is 18.7. The molecule has 9 heteroatoms. The highest BCUT2D eigenvalue weighted by atomic mass is 19.1. The Morgan fingerprint density at radius 2 is 2.17 bits per heavy atom. The first-order valence-corrected chi connectivity index (χ1v) is 7.35. The van der Waals surface area contributed by atoms with E-state index in [1.807, 2.05) is 0 Å². The zero-order valence-electron chi connectivity index (χ0n) is 13.2. The van der Waals surface area contributed by atoms with Gasteiger partial charge in [-0.3, -0.25) is 4.79 Å². The number of fused-ring (bicyclic) bond motifs is 2. The highest BCUT2D eigenvalue weighted by Gasteiger charge is 2.48. The lowest BCUT2D eigenvalue weighted by atomic mass is 10.0. The van der Waals surface area contributed by atoms with Gasteiger partial charge in [-0.15, -0.1) is 0 Å². The zero-order valence-corrected chi connectivity index (χ0v) is 13.2. The fourth-order valence-electron chi connectivity index (χ4n) is 2.58. The first-order valence-electron chi connectivity index (χ1n) is 7.35. The van der Waals surface area contributed by atoms with E-state index in [2.05, 4.69) is 0 Å². The van der Waals surface area contributed by atoms with E-state index in [-0.39, 0.29) is 6.54 Å². The molecule has 0 spiro atoms. The van der Waals surface area contributed by atoms with Crippen LogP contribution in [0.4, 0.5) is 9.18 Å². The van der Waals surface area contributed by atoms with Crippen LogP contribution >= 0.6 is 0 Å². The van der Waals surface area contributed by atoms with E-state index in [0.717, 1.165) is 5.06 Å². The van der Waals surface area contributed by atoms with Crippen LogP contribution in [0, 0.1) is 0 Å². The van der Waals surface area contributed by atoms with Crippen molar-refractivity contribution in [3.63, 3.8) is 0 Å². The van der Waals surface area contributed by atoms with Crippen molar-refractivity contribution in [2.45, 2.75) is 51.7 Å². The van der Waals surface area contributed by atoms with Crippen LogP contribution in [-0.4, -0.2) is 59.0 Å². The van der Waals surface area contributed by atoms with Crippen molar-refractivity contribution >= 4 is 17.9 Å². The largest absolute Gasteiger partial charge is 0.459 e. The number of hydroxylamine groups is 2. The molecule has 2 N–H and O–H groups in total. The number of alkyl halides is 1. The van der Waals surface area contributed by atoms with Crippen molar-refractivity contribution < 1.29 is 28.3 Å². The lowest BCUT2D eigenvalue weighted by Crippen LogP contribution is -2.48. The van der Waals surface area contributed by atoms with Gasteiger partial charge in [0.1, 0.15) is 6.04 Å². The Balaban J connectivity index is 2.07. The van der Waals surface area contributed by atoms with Crippen LogP contribution in [0.2, 0.25) is 0 Å². The van der Waals surface area contributed by atoms with Crippen LogP contribution in [0.5, 0.6) is 0 Å². The SMILES string of the molecule is CC[C@H](C)OC(=O)[C@H](F)ON1C(=O)N2C[C@H]1C=C(C)[C@H]2C(N)=O. The molecule has 0 unspecified atom stereocenters. The van der Waals surface area contributed by atoms with Gasteiger partial charge in [0.2, 0.25) is 5.91 Å². The number of hydrogen-bond donors (Lipinski definition) is 1. The molecule has 2 rings (SSSR count). The molecule has 128 valence electrons. The fourth-order valence-corrected chi connectivity index (χ4v) is 2.58. The molecular weight excluding hydrogens is 309 g/mol. The molecular formula is C14H20FN3O5. The predicted octanol–water partition coefficient (Wildman–Crippen LogP) is 0.475. The highest BCUT2D eigenvalue weighted by molar-refractivity contribution is 5.90. The number of ether oxygens (including phenoxy) is 1. The number of nitrogens with two attached hydrogens (primary N) is 1. The number of amides is 3. The summed E-state index contributed by atoms with van der Waals surface area (Å²) in [5.74, 6) is -1.88. The Morgan fingerprint density at radius 3 is 2.74 bits per heavy atom. The van der Waals surface area contributed by atoms with Crippen molar-refractivity contribution in [3.05, 3.63) is 11.6 Å². The molecule has 8 nitrogen and oxygen atoms in total. The van der Waals surface area contributed by atoms with Crippen LogP contribution in [0.15, 0.2) is 11.6 Å². The maximum Gasteiger partial charge on any atom is 0.371 e. The molecule has 0 aromatic carbocycles. The topological polar surface area (TPSA) is 102 Å². The molecule has 1 saturated heterocycles. The summed E-state index contributed by atoms with van der Waals surface area (Å²) in [4.78, 5) is 41.3. The first-order chi connectivity index (χ1) is 10.8. The normalized spacial score (nSPS) is 25.9. The Bertz CT molecular complexity index is 553. The molecule has 2 aliphatic heterocycles. The standard InChI is InChI=1S/C14H20FN3O5/c1-4-8(3)22-13(20)11(15)23-18-9-5-7(2)10(12(16)19)17(6-9)14(18)21/h5,8-11H,4,6H2,1-3H3,(H2,16,19)/t8-,9+,10-,11+/m0/s1. The van der Waals surface area contributed by atoms with Crippen molar-refractivity contribution in [2.24, 2.45) is 5.73 Å². The summed E-state index contributed by atoms with van der Waals surface area (Å²) in [6, 6.07) is -2.20. The number of nitrogens with zero attached hydrogens (tertiary/aromatic N) is 2. The first kappa shape index (κ1) is 17.2. The number of halogens is 1. The highest BCUT2D eigenvalue weighted by Crippen LogP contribution is 2.30. The van der Waals surface area contributed by atoms with Gasteiger partial charge in [-0.25, -0.2) is 18.8 Å². The third-order valence-corrected chi connectivity index (χ3v) is 3.87. The van der Waals surface area contributed by atoms with E-state index in [1.54, 1.807) is 26.8 Å². The van der Waals surface area contributed by atoms with Crippen LogP contribution in [-0.2, 0) is 19.2 Å². The van der Waals surface area contributed by atoms with Crippen LogP contribution in [0.1, 0.15) is 27.2 Å². The lowest BCUT2D eigenvalue weighted by Gasteiger charge is -2.27. The minimum atomic E-state index is -2.42. The summed E-state index contributed by atoms with van der Waals surface area (Å²) >= 11 is 0. The quantitative estimate of drug-likeness (QED) is 0.564. The molecule has 0 saturated carbocycles. The molecule has 3 amide bonds. The van der Waals surface area contributed by atoms with Gasteiger partial charge >= 0.3 is 18.4 Å². The van der Waals surface area contributed by atoms with Gasteiger partial charge in [-0.05, 0) is 25.8 Å². The predicted molar refractivity (Wildman–Crippen MR) is 76.3 cm³/mol. The van der Waals surface area contributed by atoms with E-state index in [1.165, 1.54) is 4.90 Å². The second-order valence-corrected chi connectivity index (χ2v) is 5.62. The number of hydrogen-bond acceptors (Lipinski definition) is 5. The Morgan fingerprint density at radius 1 is 1.52 bits per heavy atom. The Labute approximate surface area is 132 Å². The van der Waals surface area contributed by atoms with E-state index < -0.39 is 42.5 Å². The minimum absolute atomic E-state index is 0.136. The van der Waals surface area contributed by atoms with E-state index in [9.17, 15) is 18.8 Å². The molecule has 0 aliphatic carbocycles. The maximum atomic E-state index is 13.9. The molecule has 4 atom stereocenters. The average molecular weight is 329 g/mol. The third-order valence-electron chi connectivity index (χ3n) is 3.87. The Hall–Kier alpha value is -2.16. The monoisotopic (exact) mass is 329 g/mol. The van der Waals surface area contributed by atoms with Gasteiger partial charge < -0.3 is 15.4 Å². The van der Waals surface area contributed by atoms with Gasteiger partial charge in [0.25, 0.3) is 0 Å². The zero-order chi connectivity index (χ0) is 17.3. The second kappa shape index (κ2) is 6.53. The number of rotatable bonds is 6. The molecule has 2 aliphatic rings. The van der Waals surface area contributed by atoms with Crippen molar-refractivity contribution in [2.75, 3.05) is 6.54 Å². The lowest BCUT2D eigenvalue weighted by molar-refractivity contribution is -0.225. The minimum Gasteiger partial charge on any atom is -0.459 e. The molecule has 0 aromatic heterocycles. The Kier molecular flexibility index (Phi) is 4.88. The molecule has 0 aromatic rings. The second-order valence-electron chi connectivity index (χ2n) is 5.62. The summed E-state index contributed by atoms with van der Waals surface area (Å²) in [5, 5.41) is 0.745. The van der Waals surface area contributed by atoms with Crippen molar-refractivity contribution in [1.29, 1.82) is 0 Å². The fraction of sp³-hybridized carbons (Fsp3) is 0.643. The maximum absolute atomic E-state index is 13.9. The molecule has 23 heavy (non-hydrogen) atoms. The van der Waals surface area contributed by atoms with E-state index in [0.29, 0.717) is 12.0 Å². The molecule has 1 fully saturated rings. The smallest absolute Gasteiger partial charge is 0.371 e. The average Bonchev–Trinajstić information content (AvgIpc) is 2.71. The summed E-state index contributed by atoms with van der Waals surface area (Å²) in [5.41, 5.74) is 5.86. The van der Waals surface area contributed by atoms with Crippen LogP contribution in [0.25, 0.3) is 0 Å². The molecule has 2 bridgehead atoms. The van der Waals surface area contributed by atoms with Gasteiger partial charge in [0, 0.05) is 0 Å². The number of carbonyl (C=O) groups excluding carboxylic acids is 3. The number of primary amides is 1. The summed E-state index contributed by atoms with van der Waals surface area (Å²) in [6.07, 6.45) is -0.749.